The molecule has 1 aromatic carbocycles. The minimum Gasteiger partial charge on any atom is -0.298 e. The summed E-state index contributed by atoms with van der Waals surface area (Å²) in [7, 11) is 0. The van der Waals surface area contributed by atoms with Crippen molar-refractivity contribution in [3.63, 3.8) is 0 Å². The molecule has 1 aliphatic rings. The number of nitrogens with one attached hydrogen (secondary N) is 1. The van der Waals surface area contributed by atoms with Crippen molar-refractivity contribution in [3.8, 4) is 10.4 Å². The number of hydrogen-bond donors (Lipinski definition) is 1. The average Bonchev–Trinajstić information content (AvgIpc) is 3.10. The number of nitrogens with zero attached hydrogens (tertiary/aromatic N) is 1. The van der Waals surface area contributed by atoms with Crippen LogP contribution in [0.3, 0.4) is 0 Å². The van der Waals surface area contributed by atoms with Crippen LogP contribution in [0.4, 0.5) is 0 Å². The molecule has 1 saturated heterocycles. The Labute approximate surface area is 149 Å². The van der Waals surface area contributed by atoms with Gasteiger partial charge in [-0.05, 0) is 40.9 Å². The molecular weight excluding hydrogens is 340 g/mol. The SMILES string of the molecule is C=CCN1C(=O)/C(=C/c2ccc(-c3cccs3)cc2)C(=O)NC1=S. The fourth-order valence-electron chi connectivity index (χ4n) is 2.34. The number of amides is 2. The average molecular weight is 354 g/mol. The quantitative estimate of drug-likeness (QED) is 0.397. The number of benzene rings is 1. The van der Waals surface area contributed by atoms with Gasteiger partial charge in [-0.25, -0.2) is 0 Å². The lowest BCUT2D eigenvalue weighted by atomic mass is 10.1. The molecule has 2 heterocycles. The molecule has 1 aliphatic heterocycles. The summed E-state index contributed by atoms with van der Waals surface area (Å²) in [6.45, 7) is 3.86. The van der Waals surface area contributed by atoms with Crippen LogP contribution in [0.2, 0.25) is 0 Å². The maximum Gasteiger partial charge on any atom is 0.265 e. The predicted molar refractivity (Wildman–Crippen MR) is 100 cm³/mol. The Morgan fingerprint density at radius 1 is 1.21 bits per heavy atom. The summed E-state index contributed by atoms with van der Waals surface area (Å²) in [6.07, 6.45) is 3.14. The van der Waals surface area contributed by atoms with Gasteiger partial charge < -0.3 is 0 Å². The van der Waals surface area contributed by atoms with Gasteiger partial charge in [-0.1, -0.05) is 36.4 Å². The lowest BCUT2D eigenvalue weighted by molar-refractivity contribution is -0.128. The van der Waals surface area contributed by atoms with E-state index >= 15 is 0 Å². The van der Waals surface area contributed by atoms with E-state index in [9.17, 15) is 9.59 Å². The molecule has 0 radical (unpaired) electrons. The number of carbonyl (C=O) groups excluding carboxylic acids is 2. The Morgan fingerprint density at radius 2 is 1.96 bits per heavy atom. The predicted octanol–water partition coefficient (Wildman–Crippen LogP) is 3.23. The standard InChI is InChI=1S/C18H14N2O2S2/c1-2-9-20-17(22)14(16(21)19-18(20)23)11-12-5-7-13(8-6-12)15-4-3-10-24-15/h2-8,10-11H,1,9H2,(H,19,21,23)/b14-11+. The van der Waals surface area contributed by atoms with Gasteiger partial charge in [0.1, 0.15) is 5.57 Å². The highest BCUT2D eigenvalue weighted by Crippen LogP contribution is 2.25. The zero-order valence-corrected chi connectivity index (χ0v) is 14.3. The van der Waals surface area contributed by atoms with E-state index in [4.69, 9.17) is 12.2 Å². The molecule has 0 bridgehead atoms. The third-order valence-electron chi connectivity index (χ3n) is 3.52. The van der Waals surface area contributed by atoms with Crippen molar-refractivity contribution in [2.45, 2.75) is 0 Å². The van der Waals surface area contributed by atoms with Gasteiger partial charge in [0.2, 0.25) is 0 Å². The Bertz CT molecular complexity index is 836. The molecule has 0 spiro atoms. The van der Waals surface area contributed by atoms with E-state index in [1.54, 1.807) is 23.5 Å². The zero-order valence-electron chi connectivity index (χ0n) is 12.7. The second kappa shape index (κ2) is 6.90. The third-order valence-corrected chi connectivity index (χ3v) is 4.77. The largest absolute Gasteiger partial charge is 0.298 e. The monoisotopic (exact) mass is 354 g/mol. The summed E-state index contributed by atoms with van der Waals surface area (Å²) in [5.41, 5.74) is 1.94. The minimum absolute atomic E-state index is 0.0642. The fourth-order valence-corrected chi connectivity index (χ4v) is 3.33. The zero-order chi connectivity index (χ0) is 17.1. The Kier molecular flexibility index (Phi) is 4.69. The van der Waals surface area contributed by atoms with Gasteiger partial charge in [0.05, 0.1) is 0 Å². The summed E-state index contributed by atoms with van der Waals surface area (Å²) < 4.78 is 0. The summed E-state index contributed by atoms with van der Waals surface area (Å²) in [4.78, 5) is 27.0. The Morgan fingerprint density at radius 3 is 2.58 bits per heavy atom. The van der Waals surface area contributed by atoms with Crippen molar-refractivity contribution in [2.75, 3.05) is 6.54 Å². The molecule has 24 heavy (non-hydrogen) atoms. The lowest BCUT2D eigenvalue weighted by Crippen LogP contribution is -2.53. The van der Waals surface area contributed by atoms with Crippen molar-refractivity contribution in [2.24, 2.45) is 0 Å². The molecule has 1 aromatic heterocycles. The van der Waals surface area contributed by atoms with Gasteiger partial charge in [-0.2, -0.15) is 0 Å². The highest BCUT2D eigenvalue weighted by Gasteiger charge is 2.32. The molecule has 0 aliphatic carbocycles. The summed E-state index contributed by atoms with van der Waals surface area (Å²) in [6, 6.07) is 11.7. The van der Waals surface area contributed by atoms with Crippen molar-refractivity contribution in [1.82, 2.24) is 10.2 Å². The Hall–Kier alpha value is -2.57. The van der Waals surface area contributed by atoms with Gasteiger partial charge in [0.25, 0.3) is 11.8 Å². The topological polar surface area (TPSA) is 49.4 Å². The van der Waals surface area contributed by atoms with Crippen molar-refractivity contribution >= 4 is 46.6 Å². The first-order valence-corrected chi connectivity index (χ1v) is 8.52. The van der Waals surface area contributed by atoms with Gasteiger partial charge >= 0.3 is 0 Å². The molecule has 2 amide bonds. The van der Waals surface area contributed by atoms with Crippen LogP contribution in [-0.2, 0) is 9.59 Å². The van der Waals surface area contributed by atoms with Gasteiger partial charge in [-0.3, -0.25) is 19.8 Å². The number of carbonyl (C=O) groups is 2. The number of thiophene rings is 1. The highest BCUT2D eigenvalue weighted by molar-refractivity contribution is 7.80. The van der Waals surface area contributed by atoms with Crippen LogP contribution in [0.5, 0.6) is 0 Å². The molecule has 120 valence electrons. The third kappa shape index (κ3) is 3.20. The van der Waals surface area contributed by atoms with Crippen LogP contribution in [0, 0.1) is 0 Å². The van der Waals surface area contributed by atoms with Gasteiger partial charge in [-0.15, -0.1) is 17.9 Å². The molecule has 3 rings (SSSR count). The molecule has 1 fully saturated rings. The molecule has 2 aromatic rings. The summed E-state index contributed by atoms with van der Waals surface area (Å²) in [5, 5.41) is 4.66. The van der Waals surface area contributed by atoms with Crippen molar-refractivity contribution in [1.29, 1.82) is 0 Å². The van der Waals surface area contributed by atoms with E-state index in [1.807, 2.05) is 41.8 Å². The van der Waals surface area contributed by atoms with E-state index in [0.717, 1.165) is 11.1 Å². The maximum atomic E-state index is 12.5. The van der Waals surface area contributed by atoms with Crippen LogP contribution in [0.25, 0.3) is 16.5 Å². The van der Waals surface area contributed by atoms with Crippen LogP contribution < -0.4 is 5.32 Å². The van der Waals surface area contributed by atoms with E-state index in [1.165, 1.54) is 9.78 Å². The van der Waals surface area contributed by atoms with E-state index in [-0.39, 0.29) is 17.2 Å². The van der Waals surface area contributed by atoms with Gasteiger partial charge in [0, 0.05) is 11.4 Å². The number of rotatable bonds is 4. The smallest absolute Gasteiger partial charge is 0.265 e. The molecule has 4 nitrogen and oxygen atoms in total. The van der Waals surface area contributed by atoms with Crippen molar-refractivity contribution < 1.29 is 9.59 Å². The summed E-state index contributed by atoms with van der Waals surface area (Å²) >= 11 is 6.69. The first kappa shape index (κ1) is 16.3. The Balaban J connectivity index is 1.89. The van der Waals surface area contributed by atoms with Gasteiger partial charge in [0.15, 0.2) is 5.11 Å². The van der Waals surface area contributed by atoms with E-state index in [2.05, 4.69) is 11.9 Å². The second-order valence-electron chi connectivity index (χ2n) is 5.12. The second-order valence-corrected chi connectivity index (χ2v) is 6.46. The van der Waals surface area contributed by atoms with E-state index in [0.29, 0.717) is 0 Å². The first-order valence-electron chi connectivity index (χ1n) is 7.24. The molecule has 0 unspecified atom stereocenters. The minimum atomic E-state index is -0.479. The van der Waals surface area contributed by atoms with Crippen LogP contribution in [0.1, 0.15) is 5.56 Å². The van der Waals surface area contributed by atoms with Crippen LogP contribution in [0.15, 0.2) is 60.0 Å². The highest BCUT2D eigenvalue weighted by atomic mass is 32.1. The lowest BCUT2D eigenvalue weighted by Gasteiger charge is -2.27. The van der Waals surface area contributed by atoms with Crippen LogP contribution in [-0.4, -0.2) is 28.4 Å². The van der Waals surface area contributed by atoms with Crippen molar-refractivity contribution in [3.05, 3.63) is 65.6 Å². The van der Waals surface area contributed by atoms with E-state index < -0.39 is 11.8 Å². The van der Waals surface area contributed by atoms with Crippen LogP contribution >= 0.6 is 23.6 Å². The maximum absolute atomic E-state index is 12.5. The first-order chi connectivity index (χ1) is 11.6. The fraction of sp³-hybridized carbons (Fsp3) is 0.0556. The summed E-state index contributed by atoms with van der Waals surface area (Å²) in [5.74, 6) is -0.890. The molecule has 6 heteroatoms. The molecular formula is C18H14N2O2S2. The number of thiocarbonyl (C=S) groups is 1. The molecule has 0 saturated carbocycles. The normalized spacial score (nSPS) is 16.4. The molecule has 1 N–H and O–H groups in total. The number of hydrogen-bond acceptors (Lipinski definition) is 4. The molecule has 0 atom stereocenters.